The van der Waals surface area contributed by atoms with Crippen molar-refractivity contribution in [1.29, 1.82) is 0 Å². The van der Waals surface area contributed by atoms with E-state index in [-0.39, 0.29) is 5.41 Å². The summed E-state index contributed by atoms with van der Waals surface area (Å²) in [5.74, 6) is 0.892. The van der Waals surface area contributed by atoms with Gasteiger partial charge in [-0.1, -0.05) is 39.0 Å². The fraction of sp³-hybridized carbons (Fsp3) is 0.412. The fourth-order valence-electron chi connectivity index (χ4n) is 2.24. The number of aromatic nitrogens is 1. The number of hydrogen-bond acceptors (Lipinski definition) is 1. The quantitative estimate of drug-likeness (QED) is 0.857. The Labute approximate surface area is 115 Å². The average Bonchev–Trinajstić information content (AvgIpc) is 2.81. The molecule has 1 heterocycles. The molecule has 0 amide bonds. The van der Waals surface area contributed by atoms with Gasteiger partial charge in [0.1, 0.15) is 12.4 Å². The van der Waals surface area contributed by atoms with Crippen molar-refractivity contribution in [3.05, 3.63) is 53.3 Å². The van der Waals surface area contributed by atoms with Gasteiger partial charge in [-0.15, -0.1) is 0 Å². The maximum atomic E-state index is 5.81. The summed E-state index contributed by atoms with van der Waals surface area (Å²) >= 11 is 0. The van der Waals surface area contributed by atoms with Crippen LogP contribution in [0.15, 0.2) is 36.7 Å². The largest absolute Gasteiger partial charge is 0.487 e. The summed E-state index contributed by atoms with van der Waals surface area (Å²) in [6, 6.07) is 8.40. The van der Waals surface area contributed by atoms with Crippen LogP contribution in [0.3, 0.4) is 0 Å². The topological polar surface area (TPSA) is 25.0 Å². The zero-order valence-electron chi connectivity index (χ0n) is 12.3. The zero-order chi connectivity index (χ0) is 13.9. The molecule has 0 aliphatic rings. The lowest BCUT2D eigenvalue weighted by molar-refractivity contribution is 0.303. The number of aromatic amines is 1. The number of ether oxygens (including phenoxy) is 1. The summed E-state index contributed by atoms with van der Waals surface area (Å²) in [6.07, 6.45) is 4.83. The highest BCUT2D eigenvalue weighted by Crippen LogP contribution is 2.26. The van der Waals surface area contributed by atoms with E-state index in [9.17, 15) is 0 Å². The molecule has 1 aromatic carbocycles. The molecular weight excluding hydrogens is 234 g/mol. The van der Waals surface area contributed by atoms with Crippen molar-refractivity contribution in [1.82, 2.24) is 4.98 Å². The first-order valence-electron chi connectivity index (χ1n) is 6.79. The van der Waals surface area contributed by atoms with Gasteiger partial charge in [0.05, 0.1) is 0 Å². The predicted molar refractivity (Wildman–Crippen MR) is 79.5 cm³/mol. The Kier molecular flexibility index (Phi) is 3.98. The molecule has 2 heteroatoms. The third-order valence-corrected chi connectivity index (χ3v) is 3.18. The monoisotopic (exact) mass is 257 g/mol. The molecule has 0 bridgehead atoms. The smallest absolute Gasteiger partial charge is 0.137 e. The Hall–Kier alpha value is -1.70. The molecule has 0 aliphatic carbocycles. The highest BCUT2D eigenvalue weighted by Gasteiger charge is 2.16. The van der Waals surface area contributed by atoms with Crippen LogP contribution >= 0.6 is 0 Å². The average molecular weight is 257 g/mol. The summed E-state index contributed by atoms with van der Waals surface area (Å²) in [5, 5.41) is 0. The van der Waals surface area contributed by atoms with E-state index in [0.717, 1.165) is 12.2 Å². The van der Waals surface area contributed by atoms with Gasteiger partial charge in [-0.25, -0.2) is 0 Å². The minimum absolute atomic E-state index is 0.287. The minimum Gasteiger partial charge on any atom is -0.487 e. The van der Waals surface area contributed by atoms with Gasteiger partial charge in [0.15, 0.2) is 0 Å². The third-order valence-electron chi connectivity index (χ3n) is 3.18. The first kappa shape index (κ1) is 13.7. The second kappa shape index (κ2) is 5.52. The lowest BCUT2D eigenvalue weighted by Crippen LogP contribution is -2.13. The molecule has 1 aromatic heterocycles. The molecule has 102 valence electrons. The van der Waals surface area contributed by atoms with E-state index < -0.39 is 0 Å². The van der Waals surface area contributed by atoms with Crippen LogP contribution in [0, 0.1) is 12.3 Å². The molecule has 19 heavy (non-hydrogen) atoms. The van der Waals surface area contributed by atoms with Gasteiger partial charge in [0.2, 0.25) is 0 Å². The highest BCUT2D eigenvalue weighted by atomic mass is 16.5. The lowest BCUT2D eigenvalue weighted by atomic mass is 9.84. The number of benzene rings is 1. The maximum absolute atomic E-state index is 5.81. The van der Waals surface area contributed by atoms with Crippen LogP contribution in [0.5, 0.6) is 5.75 Å². The summed E-state index contributed by atoms with van der Waals surface area (Å²) in [5.41, 5.74) is 4.35. The van der Waals surface area contributed by atoms with E-state index >= 15 is 0 Å². The Morgan fingerprint density at radius 3 is 2.58 bits per heavy atom. The summed E-state index contributed by atoms with van der Waals surface area (Å²) in [4.78, 5) is 3.01. The Morgan fingerprint density at radius 2 is 1.95 bits per heavy atom. The molecule has 1 N–H and O–H groups in total. The van der Waals surface area contributed by atoms with Crippen molar-refractivity contribution < 1.29 is 4.74 Å². The van der Waals surface area contributed by atoms with Crippen molar-refractivity contribution in [2.45, 2.75) is 40.7 Å². The van der Waals surface area contributed by atoms with Gasteiger partial charge in [0.25, 0.3) is 0 Å². The molecule has 2 rings (SSSR count). The Balaban J connectivity index is 2.17. The Morgan fingerprint density at radius 1 is 1.16 bits per heavy atom. The van der Waals surface area contributed by atoms with E-state index in [1.165, 1.54) is 16.7 Å². The second-order valence-corrected chi connectivity index (χ2v) is 6.29. The maximum Gasteiger partial charge on any atom is 0.137 e. The summed E-state index contributed by atoms with van der Waals surface area (Å²) in [6.45, 7) is 9.63. The fourth-order valence-corrected chi connectivity index (χ4v) is 2.24. The number of H-pyrrole nitrogens is 1. The van der Waals surface area contributed by atoms with Crippen molar-refractivity contribution in [3.8, 4) is 5.75 Å². The van der Waals surface area contributed by atoms with E-state index in [0.29, 0.717) is 6.61 Å². The standard InChI is InChI=1S/C17H23NO/c1-13-6-5-7-14(16(13)10-17(2,3)4)12-19-15-8-9-18-11-15/h5-9,11,18H,10,12H2,1-4H3. The van der Waals surface area contributed by atoms with Crippen molar-refractivity contribution >= 4 is 0 Å². The molecule has 0 radical (unpaired) electrons. The van der Waals surface area contributed by atoms with E-state index in [1.54, 1.807) is 0 Å². The number of hydrogen-bond donors (Lipinski definition) is 1. The summed E-state index contributed by atoms with van der Waals surface area (Å²) < 4.78 is 5.81. The first-order chi connectivity index (χ1) is 8.96. The molecule has 0 unspecified atom stereocenters. The van der Waals surface area contributed by atoms with Gasteiger partial charge in [-0.05, 0) is 41.5 Å². The molecule has 0 fully saturated rings. The van der Waals surface area contributed by atoms with Gasteiger partial charge in [-0.2, -0.15) is 0 Å². The van der Waals surface area contributed by atoms with Crippen LogP contribution in [0.25, 0.3) is 0 Å². The molecule has 0 saturated heterocycles. The van der Waals surface area contributed by atoms with Crippen LogP contribution in [0.4, 0.5) is 0 Å². The molecular formula is C17H23NO. The van der Waals surface area contributed by atoms with Gasteiger partial charge in [-0.3, -0.25) is 0 Å². The van der Waals surface area contributed by atoms with Gasteiger partial charge >= 0.3 is 0 Å². The molecule has 0 atom stereocenters. The van der Waals surface area contributed by atoms with Crippen LogP contribution in [0.1, 0.15) is 37.5 Å². The van der Waals surface area contributed by atoms with Crippen LogP contribution in [-0.4, -0.2) is 4.98 Å². The highest BCUT2D eigenvalue weighted by molar-refractivity contribution is 5.35. The first-order valence-corrected chi connectivity index (χ1v) is 6.79. The van der Waals surface area contributed by atoms with Crippen LogP contribution in [-0.2, 0) is 13.0 Å². The second-order valence-electron chi connectivity index (χ2n) is 6.29. The molecule has 2 aromatic rings. The van der Waals surface area contributed by atoms with Gasteiger partial charge < -0.3 is 9.72 Å². The predicted octanol–water partition coefficient (Wildman–Crippen LogP) is 4.49. The molecule has 2 nitrogen and oxygen atoms in total. The normalized spacial score (nSPS) is 11.6. The number of rotatable bonds is 4. The zero-order valence-corrected chi connectivity index (χ0v) is 12.3. The third kappa shape index (κ3) is 3.88. The van der Waals surface area contributed by atoms with E-state index in [2.05, 4.69) is 50.9 Å². The molecule has 0 saturated carbocycles. The molecule has 0 aliphatic heterocycles. The van der Waals surface area contributed by atoms with Crippen molar-refractivity contribution in [2.24, 2.45) is 5.41 Å². The number of aryl methyl sites for hydroxylation is 1. The lowest BCUT2D eigenvalue weighted by Gasteiger charge is -2.22. The van der Waals surface area contributed by atoms with E-state index in [4.69, 9.17) is 4.74 Å². The minimum atomic E-state index is 0.287. The van der Waals surface area contributed by atoms with E-state index in [1.807, 2.05) is 18.5 Å². The Bertz CT molecular complexity index is 521. The molecule has 0 spiro atoms. The van der Waals surface area contributed by atoms with Crippen molar-refractivity contribution in [2.75, 3.05) is 0 Å². The van der Waals surface area contributed by atoms with Crippen LogP contribution in [0.2, 0.25) is 0 Å². The van der Waals surface area contributed by atoms with Crippen LogP contribution < -0.4 is 4.74 Å². The SMILES string of the molecule is Cc1cccc(COc2cc[nH]c2)c1CC(C)(C)C. The van der Waals surface area contributed by atoms with Crippen molar-refractivity contribution in [3.63, 3.8) is 0 Å². The van der Waals surface area contributed by atoms with Gasteiger partial charge in [0, 0.05) is 12.4 Å². The summed E-state index contributed by atoms with van der Waals surface area (Å²) in [7, 11) is 0. The number of nitrogens with one attached hydrogen (secondary N) is 1.